The van der Waals surface area contributed by atoms with E-state index in [9.17, 15) is 9.90 Å². The first-order chi connectivity index (χ1) is 11.2. The molecule has 0 spiro atoms. The highest BCUT2D eigenvalue weighted by Crippen LogP contribution is 2.21. The van der Waals surface area contributed by atoms with Gasteiger partial charge in [-0.15, -0.1) is 0 Å². The van der Waals surface area contributed by atoms with Crippen LogP contribution in [-0.2, 0) is 11.2 Å². The fourth-order valence-electron chi connectivity index (χ4n) is 3.49. The number of likely N-dealkylation sites (tertiary alicyclic amines) is 1. The topological polar surface area (TPSA) is 69.2 Å². The van der Waals surface area contributed by atoms with E-state index >= 15 is 0 Å². The van der Waals surface area contributed by atoms with Gasteiger partial charge < -0.3 is 15.0 Å². The van der Waals surface area contributed by atoms with E-state index in [1.807, 2.05) is 30.0 Å². The van der Waals surface area contributed by atoms with Crippen molar-refractivity contribution in [3.05, 3.63) is 29.6 Å². The van der Waals surface area contributed by atoms with Gasteiger partial charge in [-0.1, -0.05) is 12.1 Å². The van der Waals surface area contributed by atoms with E-state index in [1.165, 1.54) is 0 Å². The van der Waals surface area contributed by atoms with Crippen LogP contribution in [0.3, 0.4) is 0 Å². The fourth-order valence-corrected chi connectivity index (χ4v) is 3.49. The van der Waals surface area contributed by atoms with Crippen molar-refractivity contribution >= 4 is 16.9 Å². The highest BCUT2D eigenvalue weighted by molar-refractivity contribution is 5.79. The highest BCUT2D eigenvalue weighted by Gasteiger charge is 2.25. The van der Waals surface area contributed by atoms with E-state index in [4.69, 9.17) is 0 Å². The number of para-hydroxylation sites is 1. The van der Waals surface area contributed by atoms with Gasteiger partial charge in [0.15, 0.2) is 0 Å². The number of hydrogen-bond acceptors (Lipinski definition) is 3. The molecule has 1 aromatic carbocycles. The van der Waals surface area contributed by atoms with Crippen LogP contribution in [0, 0.1) is 6.92 Å². The average Bonchev–Trinajstić information content (AvgIpc) is 2.98. The van der Waals surface area contributed by atoms with E-state index in [2.05, 4.69) is 9.97 Å². The van der Waals surface area contributed by atoms with Gasteiger partial charge in [-0.25, -0.2) is 4.98 Å². The number of benzene rings is 1. The molecule has 5 nitrogen and oxygen atoms in total. The third-order valence-electron chi connectivity index (χ3n) is 4.75. The third kappa shape index (κ3) is 3.55. The summed E-state index contributed by atoms with van der Waals surface area (Å²) in [7, 11) is 0. The summed E-state index contributed by atoms with van der Waals surface area (Å²) < 4.78 is 0. The van der Waals surface area contributed by atoms with Gasteiger partial charge in [0.05, 0.1) is 11.0 Å². The SMILES string of the molecule is Cc1cccc2[nH]c(CCC(=O)N3CCCCC3CCO)nc12. The van der Waals surface area contributed by atoms with Crippen molar-refractivity contribution in [2.45, 2.75) is 51.5 Å². The van der Waals surface area contributed by atoms with Crippen molar-refractivity contribution in [1.82, 2.24) is 14.9 Å². The molecule has 124 valence electrons. The summed E-state index contributed by atoms with van der Waals surface area (Å²) in [6, 6.07) is 6.28. The lowest BCUT2D eigenvalue weighted by Crippen LogP contribution is -2.44. The van der Waals surface area contributed by atoms with Crippen molar-refractivity contribution in [2.24, 2.45) is 0 Å². The number of imidazole rings is 1. The Morgan fingerprint density at radius 2 is 2.30 bits per heavy atom. The number of aliphatic hydroxyl groups is 1. The Bertz CT molecular complexity index is 678. The Kier molecular flexibility index (Phi) is 4.96. The highest BCUT2D eigenvalue weighted by atomic mass is 16.3. The number of rotatable bonds is 5. The second kappa shape index (κ2) is 7.13. The van der Waals surface area contributed by atoms with Gasteiger partial charge in [0, 0.05) is 32.0 Å². The number of carbonyl (C=O) groups is 1. The fraction of sp³-hybridized carbons (Fsp3) is 0.556. The molecule has 2 N–H and O–H groups in total. The maximum Gasteiger partial charge on any atom is 0.223 e. The molecule has 0 bridgehead atoms. The predicted molar refractivity (Wildman–Crippen MR) is 90.2 cm³/mol. The van der Waals surface area contributed by atoms with E-state index in [-0.39, 0.29) is 18.6 Å². The van der Waals surface area contributed by atoms with Gasteiger partial charge in [-0.05, 0) is 44.2 Å². The lowest BCUT2D eigenvalue weighted by molar-refractivity contribution is -0.135. The van der Waals surface area contributed by atoms with E-state index in [1.54, 1.807) is 0 Å². The monoisotopic (exact) mass is 315 g/mol. The second-order valence-corrected chi connectivity index (χ2v) is 6.40. The lowest BCUT2D eigenvalue weighted by atomic mass is 9.99. The van der Waals surface area contributed by atoms with Crippen molar-refractivity contribution < 1.29 is 9.90 Å². The molecule has 1 aromatic heterocycles. The zero-order valence-electron chi connectivity index (χ0n) is 13.7. The van der Waals surface area contributed by atoms with Crippen molar-refractivity contribution in [3.63, 3.8) is 0 Å². The molecule has 1 unspecified atom stereocenters. The summed E-state index contributed by atoms with van der Waals surface area (Å²) >= 11 is 0. The van der Waals surface area contributed by atoms with Crippen LogP contribution in [0.5, 0.6) is 0 Å². The maximum atomic E-state index is 12.5. The number of aliphatic hydroxyl groups excluding tert-OH is 1. The Hall–Kier alpha value is -1.88. The number of nitrogens with one attached hydrogen (secondary N) is 1. The van der Waals surface area contributed by atoms with Crippen LogP contribution >= 0.6 is 0 Å². The molecule has 23 heavy (non-hydrogen) atoms. The molecule has 2 heterocycles. The molecule has 0 radical (unpaired) electrons. The normalized spacial score (nSPS) is 18.5. The molecule has 1 atom stereocenters. The zero-order chi connectivity index (χ0) is 16.2. The van der Waals surface area contributed by atoms with E-state index in [0.717, 1.165) is 48.2 Å². The number of aromatic amines is 1. The van der Waals surface area contributed by atoms with Gasteiger partial charge in [-0.3, -0.25) is 4.79 Å². The standard InChI is InChI=1S/C18H25N3O2/c1-13-5-4-7-15-18(13)20-16(19-15)8-9-17(23)21-11-3-2-6-14(21)10-12-22/h4-5,7,14,22H,2-3,6,8-12H2,1H3,(H,19,20). The molecule has 1 aliphatic heterocycles. The minimum atomic E-state index is 0.150. The van der Waals surface area contributed by atoms with Gasteiger partial charge in [-0.2, -0.15) is 0 Å². The van der Waals surface area contributed by atoms with E-state index in [0.29, 0.717) is 19.3 Å². The second-order valence-electron chi connectivity index (χ2n) is 6.40. The first-order valence-corrected chi connectivity index (χ1v) is 8.53. The van der Waals surface area contributed by atoms with Crippen LogP contribution in [0.15, 0.2) is 18.2 Å². The molecule has 2 aromatic rings. The number of fused-ring (bicyclic) bond motifs is 1. The van der Waals surface area contributed by atoms with Crippen LogP contribution in [0.2, 0.25) is 0 Å². The Morgan fingerprint density at radius 1 is 1.43 bits per heavy atom. The maximum absolute atomic E-state index is 12.5. The summed E-state index contributed by atoms with van der Waals surface area (Å²) in [4.78, 5) is 22.4. The molecular weight excluding hydrogens is 290 g/mol. The van der Waals surface area contributed by atoms with E-state index < -0.39 is 0 Å². The summed E-state index contributed by atoms with van der Waals surface area (Å²) in [5, 5.41) is 9.18. The molecular formula is C18H25N3O2. The van der Waals surface area contributed by atoms with Crippen LogP contribution in [0.4, 0.5) is 0 Å². The number of aryl methyl sites for hydroxylation is 2. The molecule has 5 heteroatoms. The van der Waals surface area contributed by atoms with Crippen LogP contribution in [0.25, 0.3) is 11.0 Å². The summed E-state index contributed by atoms with van der Waals surface area (Å²) in [6.45, 7) is 3.02. The molecule has 3 rings (SSSR count). The number of carbonyl (C=O) groups excluding carboxylic acids is 1. The zero-order valence-corrected chi connectivity index (χ0v) is 13.7. The summed E-state index contributed by atoms with van der Waals surface area (Å²) in [5.41, 5.74) is 3.17. The number of piperidine rings is 1. The molecule has 0 aliphatic carbocycles. The molecule has 1 amide bonds. The van der Waals surface area contributed by atoms with Gasteiger partial charge in [0.2, 0.25) is 5.91 Å². The van der Waals surface area contributed by atoms with Crippen LogP contribution < -0.4 is 0 Å². The molecule has 1 aliphatic rings. The first-order valence-electron chi connectivity index (χ1n) is 8.53. The smallest absolute Gasteiger partial charge is 0.223 e. The average molecular weight is 315 g/mol. The lowest BCUT2D eigenvalue weighted by Gasteiger charge is -2.35. The number of H-pyrrole nitrogens is 1. The molecule has 0 saturated carbocycles. The van der Waals surface area contributed by atoms with Gasteiger partial charge in [0.1, 0.15) is 5.82 Å². The molecule has 1 saturated heterocycles. The predicted octanol–water partition coefficient (Wildman–Crippen LogP) is 2.57. The van der Waals surface area contributed by atoms with Gasteiger partial charge in [0.25, 0.3) is 0 Å². The van der Waals surface area contributed by atoms with Crippen molar-refractivity contribution in [1.29, 1.82) is 0 Å². The van der Waals surface area contributed by atoms with Crippen molar-refractivity contribution in [3.8, 4) is 0 Å². The Balaban J connectivity index is 1.64. The molecule has 1 fully saturated rings. The number of aromatic nitrogens is 2. The summed E-state index contributed by atoms with van der Waals surface area (Å²) in [5.74, 6) is 1.05. The minimum Gasteiger partial charge on any atom is -0.396 e. The number of hydrogen-bond donors (Lipinski definition) is 2. The number of nitrogens with zero attached hydrogens (tertiary/aromatic N) is 2. The largest absolute Gasteiger partial charge is 0.396 e. The number of amides is 1. The Labute approximate surface area is 136 Å². The quantitative estimate of drug-likeness (QED) is 0.891. The third-order valence-corrected chi connectivity index (χ3v) is 4.75. The van der Waals surface area contributed by atoms with Gasteiger partial charge >= 0.3 is 0 Å². The summed E-state index contributed by atoms with van der Waals surface area (Å²) in [6.07, 6.45) is 5.02. The Morgan fingerprint density at radius 3 is 3.09 bits per heavy atom. The van der Waals surface area contributed by atoms with Crippen LogP contribution in [-0.4, -0.2) is 45.1 Å². The first kappa shape index (κ1) is 16.0. The van der Waals surface area contributed by atoms with Crippen LogP contribution in [0.1, 0.15) is 43.5 Å². The minimum absolute atomic E-state index is 0.150. The van der Waals surface area contributed by atoms with Crippen molar-refractivity contribution in [2.75, 3.05) is 13.2 Å².